The van der Waals surface area contributed by atoms with E-state index in [0.717, 1.165) is 0 Å². The summed E-state index contributed by atoms with van der Waals surface area (Å²) in [5.74, 6) is -0.532. The highest BCUT2D eigenvalue weighted by atomic mass is 33.1. The molecular formula is C16H27N3O5S2. The number of hydrogen-bond acceptors (Lipinski definition) is 8. The van der Waals surface area contributed by atoms with E-state index in [1.807, 2.05) is 13.2 Å². The number of amides is 3. The molecule has 10 heteroatoms. The Morgan fingerprint density at radius 1 is 1.23 bits per heavy atom. The molecule has 148 valence electrons. The Kier molecular flexibility index (Phi) is 11.6. The quantitative estimate of drug-likeness (QED) is 0.190. The first-order valence-electron chi connectivity index (χ1n) is 8.64. The molecule has 1 atom stereocenters. The van der Waals surface area contributed by atoms with Gasteiger partial charge in [0.25, 0.3) is 0 Å². The molecule has 8 nitrogen and oxygen atoms in total. The van der Waals surface area contributed by atoms with Crippen molar-refractivity contribution in [2.75, 3.05) is 32.6 Å². The van der Waals surface area contributed by atoms with Gasteiger partial charge < -0.3 is 4.74 Å². The zero-order chi connectivity index (χ0) is 19.4. The van der Waals surface area contributed by atoms with Crippen LogP contribution in [-0.2, 0) is 23.9 Å². The highest BCUT2D eigenvalue weighted by Crippen LogP contribution is 2.32. The fraction of sp³-hybridized carbons (Fsp3) is 0.750. The summed E-state index contributed by atoms with van der Waals surface area (Å²) in [6.07, 6.45) is 3.41. The van der Waals surface area contributed by atoms with Gasteiger partial charge in [0, 0.05) is 39.0 Å². The Balaban J connectivity index is 2.09. The lowest BCUT2D eigenvalue weighted by Crippen LogP contribution is -2.37. The van der Waals surface area contributed by atoms with Crippen LogP contribution in [0.4, 0.5) is 0 Å². The minimum atomic E-state index is -0.328. The number of nitrogens with one attached hydrogen (secondary N) is 2. The van der Waals surface area contributed by atoms with Gasteiger partial charge >= 0.3 is 0 Å². The van der Waals surface area contributed by atoms with E-state index in [1.165, 1.54) is 26.5 Å². The number of imide groups is 1. The van der Waals surface area contributed by atoms with Crippen molar-refractivity contribution in [2.24, 2.45) is 0 Å². The van der Waals surface area contributed by atoms with E-state index in [2.05, 4.69) is 10.9 Å². The van der Waals surface area contributed by atoms with E-state index in [1.54, 1.807) is 0 Å². The molecule has 1 unspecified atom stereocenters. The molecule has 26 heavy (non-hydrogen) atoms. The Bertz CT molecular complexity index is 504. The van der Waals surface area contributed by atoms with Crippen LogP contribution < -0.4 is 10.9 Å². The molecule has 3 amide bonds. The molecule has 0 radical (unpaired) electrons. The highest BCUT2D eigenvalue weighted by Gasteiger charge is 2.38. The number of Topliss-reactive ketones (excluding diaryl/α,β-unsaturated/α-hetero) is 1. The first-order valence-corrected chi connectivity index (χ1v) is 11.3. The molecule has 0 saturated carbocycles. The van der Waals surface area contributed by atoms with Crippen LogP contribution in [0.3, 0.4) is 0 Å². The van der Waals surface area contributed by atoms with Crippen LogP contribution in [-0.4, -0.2) is 66.2 Å². The van der Waals surface area contributed by atoms with E-state index < -0.39 is 0 Å². The summed E-state index contributed by atoms with van der Waals surface area (Å²) in [6, 6.07) is 0. The second kappa shape index (κ2) is 13.1. The molecular weight excluding hydrogens is 378 g/mol. The number of rotatable bonds is 14. The Morgan fingerprint density at radius 3 is 2.69 bits per heavy atom. The van der Waals surface area contributed by atoms with Crippen LogP contribution in [0, 0.1) is 0 Å². The van der Waals surface area contributed by atoms with Crippen LogP contribution in [0.1, 0.15) is 39.0 Å². The summed E-state index contributed by atoms with van der Waals surface area (Å²) in [4.78, 5) is 48.3. The molecule has 2 N–H and O–H groups in total. The third kappa shape index (κ3) is 8.52. The predicted octanol–water partition coefficient (Wildman–Crippen LogP) is 0.912. The maximum Gasteiger partial charge on any atom is 0.243 e. The van der Waals surface area contributed by atoms with Gasteiger partial charge in [-0.15, -0.1) is 0 Å². The molecule has 0 bridgehead atoms. The van der Waals surface area contributed by atoms with Gasteiger partial charge in [-0.05, 0) is 12.7 Å². The van der Waals surface area contributed by atoms with Gasteiger partial charge in [-0.25, -0.2) is 5.43 Å². The standard InChI is InChI=1S/C16H27N3O5S2/c1-3-17-18-14(21)7-10-24-9-4-5-12(20)6-8-19-15(22)11-13(16(19)23)26-25-2/h13,17H,3-11H2,1-2H3,(H,18,21). The van der Waals surface area contributed by atoms with Crippen molar-refractivity contribution in [1.82, 2.24) is 15.8 Å². The Morgan fingerprint density at radius 2 is 2.00 bits per heavy atom. The van der Waals surface area contributed by atoms with Crippen molar-refractivity contribution in [3.63, 3.8) is 0 Å². The number of carbonyl (C=O) groups excluding carboxylic acids is 4. The number of ether oxygens (including phenoxy) is 1. The summed E-state index contributed by atoms with van der Waals surface area (Å²) in [5.41, 5.74) is 5.23. The van der Waals surface area contributed by atoms with Crippen LogP contribution in [0.2, 0.25) is 0 Å². The summed E-state index contributed by atoms with van der Waals surface area (Å²) in [7, 11) is 2.85. The molecule has 0 aliphatic carbocycles. The second-order valence-corrected chi connectivity index (χ2v) is 8.34. The van der Waals surface area contributed by atoms with E-state index in [0.29, 0.717) is 32.6 Å². The van der Waals surface area contributed by atoms with Gasteiger partial charge in [0.2, 0.25) is 17.7 Å². The van der Waals surface area contributed by atoms with Gasteiger partial charge in [0.15, 0.2) is 0 Å². The van der Waals surface area contributed by atoms with Gasteiger partial charge in [-0.2, -0.15) is 0 Å². The van der Waals surface area contributed by atoms with Crippen molar-refractivity contribution < 1.29 is 23.9 Å². The molecule has 1 rings (SSSR count). The van der Waals surface area contributed by atoms with Crippen LogP contribution in [0.5, 0.6) is 0 Å². The van der Waals surface area contributed by atoms with E-state index in [9.17, 15) is 19.2 Å². The second-order valence-electron chi connectivity index (χ2n) is 5.67. The van der Waals surface area contributed by atoms with Gasteiger partial charge in [-0.3, -0.25) is 29.5 Å². The molecule has 0 spiro atoms. The predicted molar refractivity (Wildman–Crippen MR) is 102 cm³/mol. The number of ketones is 1. The van der Waals surface area contributed by atoms with E-state index in [-0.39, 0.29) is 54.6 Å². The Labute approximate surface area is 161 Å². The largest absolute Gasteiger partial charge is 0.381 e. The van der Waals surface area contributed by atoms with Crippen LogP contribution >= 0.6 is 21.6 Å². The summed E-state index contributed by atoms with van der Waals surface area (Å²) >= 11 is 0. The third-order valence-electron chi connectivity index (χ3n) is 3.65. The summed E-state index contributed by atoms with van der Waals surface area (Å²) in [5, 5.41) is -0.328. The smallest absolute Gasteiger partial charge is 0.243 e. The molecule has 0 aromatic heterocycles. The molecule has 1 aliphatic heterocycles. The van der Waals surface area contributed by atoms with Crippen molar-refractivity contribution in [3.05, 3.63) is 0 Å². The average Bonchev–Trinajstić information content (AvgIpc) is 2.88. The molecule has 1 heterocycles. The number of carbonyl (C=O) groups is 4. The minimum Gasteiger partial charge on any atom is -0.381 e. The molecule has 0 aromatic rings. The van der Waals surface area contributed by atoms with Crippen molar-refractivity contribution in [2.45, 2.75) is 44.3 Å². The normalized spacial score (nSPS) is 17.0. The SMILES string of the molecule is CCNNC(=O)CCOCCCC(=O)CCN1C(=O)CC(SSC)C1=O. The molecule has 1 fully saturated rings. The lowest BCUT2D eigenvalue weighted by molar-refractivity contribution is -0.138. The molecule has 1 saturated heterocycles. The highest BCUT2D eigenvalue weighted by molar-refractivity contribution is 8.76. The fourth-order valence-corrected chi connectivity index (χ4v) is 4.13. The fourth-order valence-electron chi connectivity index (χ4n) is 2.33. The van der Waals surface area contributed by atoms with Crippen molar-refractivity contribution in [3.8, 4) is 0 Å². The van der Waals surface area contributed by atoms with Gasteiger partial charge in [-0.1, -0.05) is 28.5 Å². The third-order valence-corrected chi connectivity index (χ3v) is 5.72. The minimum absolute atomic E-state index is 0.0000541. The monoisotopic (exact) mass is 405 g/mol. The summed E-state index contributed by atoms with van der Waals surface area (Å²) in [6.45, 7) is 3.39. The van der Waals surface area contributed by atoms with Gasteiger partial charge in [0.1, 0.15) is 11.0 Å². The number of hydrogen-bond donors (Lipinski definition) is 2. The van der Waals surface area contributed by atoms with Crippen LogP contribution in [0.25, 0.3) is 0 Å². The van der Waals surface area contributed by atoms with E-state index in [4.69, 9.17) is 4.74 Å². The van der Waals surface area contributed by atoms with E-state index >= 15 is 0 Å². The average molecular weight is 406 g/mol. The topological polar surface area (TPSA) is 105 Å². The van der Waals surface area contributed by atoms with Crippen molar-refractivity contribution in [1.29, 1.82) is 0 Å². The molecule has 1 aliphatic rings. The number of nitrogens with zero attached hydrogens (tertiary/aromatic N) is 1. The Hall–Kier alpha value is -1.10. The zero-order valence-electron chi connectivity index (χ0n) is 15.2. The first kappa shape index (κ1) is 22.9. The number of likely N-dealkylation sites (tertiary alicyclic amines) is 1. The zero-order valence-corrected chi connectivity index (χ0v) is 16.9. The van der Waals surface area contributed by atoms with Crippen LogP contribution in [0.15, 0.2) is 0 Å². The van der Waals surface area contributed by atoms with Gasteiger partial charge in [0.05, 0.1) is 13.0 Å². The molecule has 0 aromatic carbocycles. The lowest BCUT2D eigenvalue weighted by atomic mass is 10.1. The number of hydrazine groups is 1. The maximum absolute atomic E-state index is 12.1. The summed E-state index contributed by atoms with van der Waals surface area (Å²) < 4.78 is 5.32. The first-order chi connectivity index (χ1) is 12.5. The maximum atomic E-state index is 12.1. The van der Waals surface area contributed by atoms with Crippen molar-refractivity contribution >= 4 is 45.1 Å². The lowest BCUT2D eigenvalue weighted by Gasteiger charge is -2.14.